The second-order valence-corrected chi connectivity index (χ2v) is 6.40. The van der Waals surface area contributed by atoms with Crippen molar-refractivity contribution in [3.63, 3.8) is 0 Å². The molecule has 0 saturated heterocycles. The van der Waals surface area contributed by atoms with Crippen LogP contribution in [0.2, 0.25) is 0 Å². The van der Waals surface area contributed by atoms with E-state index in [2.05, 4.69) is 11.9 Å². The number of ketones is 1. The molecule has 2 rings (SSSR count). The Labute approximate surface area is 145 Å². The molecule has 4 heteroatoms. The molecule has 0 N–H and O–H groups in total. The lowest BCUT2D eigenvalue weighted by molar-refractivity contribution is -0.255. The fourth-order valence-electron chi connectivity index (χ4n) is 3.40. The number of carbonyl (C=O) groups excluding carboxylic acids is 2. The smallest absolute Gasteiger partial charge is 0.135 e. The van der Waals surface area contributed by atoms with Crippen molar-refractivity contribution in [1.82, 2.24) is 0 Å². The van der Waals surface area contributed by atoms with Crippen molar-refractivity contribution < 1.29 is 14.7 Å². The van der Waals surface area contributed by atoms with Crippen molar-refractivity contribution in [2.24, 2.45) is 16.8 Å². The number of nitrogens with zero attached hydrogens (tertiary/aromatic N) is 1. The molecule has 0 amide bonds. The van der Waals surface area contributed by atoms with Gasteiger partial charge in [-0.05, 0) is 42.7 Å². The SMILES string of the molecule is C.CN=CC(CCC1CCCC1=O)C(C)c1ccc(C(=O)[O-])cc1. The van der Waals surface area contributed by atoms with E-state index in [1.165, 1.54) is 0 Å². The van der Waals surface area contributed by atoms with Gasteiger partial charge in [-0.2, -0.15) is 0 Å². The van der Waals surface area contributed by atoms with Crippen molar-refractivity contribution >= 4 is 18.0 Å². The van der Waals surface area contributed by atoms with E-state index in [0.717, 1.165) is 37.7 Å². The Bertz CT molecular complexity index is 577. The monoisotopic (exact) mass is 330 g/mol. The normalized spacial score (nSPS) is 19.9. The fraction of sp³-hybridized carbons (Fsp3) is 0.550. The molecule has 1 saturated carbocycles. The number of carboxylic acid groups (broad SMARTS) is 1. The summed E-state index contributed by atoms with van der Waals surface area (Å²) in [4.78, 5) is 26.8. The van der Waals surface area contributed by atoms with E-state index in [1.807, 2.05) is 18.3 Å². The first-order valence-corrected chi connectivity index (χ1v) is 8.29. The van der Waals surface area contributed by atoms with Crippen LogP contribution in [0.5, 0.6) is 0 Å². The maximum atomic E-state index is 11.8. The van der Waals surface area contributed by atoms with E-state index in [0.29, 0.717) is 5.78 Å². The zero-order chi connectivity index (χ0) is 16.8. The number of aromatic carboxylic acids is 1. The van der Waals surface area contributed by atoms with Gasteiger partial charge >= 0.3 is 0 Å². The van der Waals surface area contributed by atoms with Crippen molar-refractivity contribution in [3.05, 3.63) is 35.4 Å². The van der Waals surface area contributed by atoms with Gasteiger partial charge in [0.2, 0.25) is 0 Å². The summed E-state index contributed by atoms with van der Waals surface area (Å²) in [5.74, 6) is -0.0533. The molecule has 24 heavy (non-hydrogen) atoms. The summed E-state index contributed by atoms with van der Waals surface area (Å²) in [5, 5.41) is 10.8. The first kappa shape index (κ1) is 20.1. The number of carbonyl (C=O) groups is 2. The second-order valence-electron chi connectivity index (χ2n) is 6.40. The lowest BCUT2D eigenvalue weighted by Crippen LogP contribution is -2.22. The van der Waals surface area contributed by atoms with Crippen LogP contribution in [0, 0.1) is 11.8 Å². The molecule has 132 valence electrons. The molecule has 1 aliphatic rings. The van der Waals surface area contributed by atoms with Crippen LogP contribution in [0.4, 0.5) is 0 Å². The molecule has 3 unspecified atom stereocenters. The molecule has 4 nitrogen and oxygen atoms in total. The Morgan fingerprint density at radius 3 is 2.54 bits per heavy atom. The van der Waals surface area contributed by atoms with Crippen molar-refractivity contribution in [1.29, 1.82) is 0 Å². The van der Waals surface area contributed by atoms with Gasteiger partial charge < -0.3 is 14.9 Å². The van der Waals surface area contributed by atoms with Crippen LogP contribution in [-0.4, -0.2) is 25.0 Å². The van der Waals surface area contributed by atoms with Crippen LogP contribution >= 0.6 is 0 Å². The van der Waals surface area contributed by atoms with Crippen LogP contribution in [-0.2, 0) is 4.79 Å². The molecule has 1 aromatic carbocycles. The van der Waals surface area contributed by atoms with Crippen molar-refractivity contribution in [3.8, 4) is 0 Å². The van der Waals surface area contributed by atoms with Crippen LogP contribution in [0.15, 0.2) is 29.3 Å². The Morgan fingerprint density at radius 2 is 2.04 bits per heavy atom. The largest absolute Gasteiger partial charge is 0.545 e. The summed E-state index contributed by atoms with van der Waals surface area (Å²) in [6.07, 6.45) is 6.57. The molecule has 1 aliphatic carbocycles. The van der Waals surface area contributed by atoms with Crippen molar-refractivity contribution in [2.75, 3.05) is 7.05 Å². The Hall–Kier alpha value is -1.97. The zero-order valence-corrected chi connectivity index (χ0v) is 13.8. The summed E-state index contributed by atoms with van der Waals surface area (Å²) in [6.45, 7) is 2.12. The fourth-order valence-corrected chi connectivity index (χ4v) is 3.40. The summed E-state index contributed by atoms with van der Waals surface area (Å²) in [5.41, 5.74) is 1.27. The van der Waals surface area contributed by atoms with E-state index in [1.54, 1.807) is 19.2 Å². The maximum Gasteiger partial charge on any atom is 0.135 e. The van der Waals surface area contributed by atoms with Gasteiger partial charge in [-0.3, -0.25) is 4.79 Å². The molecule has 0 bridgehead atoms. The van der Waals surface area contributed by atoms with E-state index in [-0.39, 0.29) is 30.7 Å². The standard InChI is InChI=1S/C19H25NO3.CH4/c1-13(14-6-9-16(10-7-14)19(22)23)17(12-20-2)11-8-15-4-3-5-18(15)21;/h6-7,9-10,12-13,15,17H,3-5,8,11H2,1-2H3,(H,22,23);1H4/p-1. The highest BCUT2D eigenvalue weighted by atomic mass is 16.4. The van der Waals surface area contributed by atoms with Gasteiger partial charge in [-0.25, -0.2) is 0 Å². The minimum atomic E-state index is -1.16. The minimum absolute atomic E-state index is 0. The van der Waals surface area contributed by atoms with E-state index in [9.17, 15) is 14.7 Å². The molecule has 0 aromatic heterocycles. The lowest BCUT2D eigenvalue weighted by Gasteiger charge is -2.22. The molecule has 0 aliphatic heterocycles. The molecular formula is C20H28NO3-. The molecule has 1 fully saturated rings. The summed E-state index contributed by atoms with van der Waals surface area (Å²) in [7, 11) is 1.76. The zero-order valence-electron chi connectivity index (χ0n) is 13.8. The van der Waals surface area contributed by atoms with Crippen LogP contribution in [0.3, 0.4) is 0 Å². The molecule has 0 spiro atoms. The highest BCUT2D eigenvalue weighted by Crippen LogP contribution is 2.32. The second kappa shape index (κ2) is 9.36. The maximum absolute atomic E-state index is 11.8. The molecular weight excluding hydrogens is 302 g/mol. The first-order chi connectivity index (χ1) is 11.0. The van der Waals surface area contributed by atoms with Gasteiger partial charge in [0.15, 0.2) is 0 Å². The summed E-state index contributed by atoms with van der Waals surface area (Å²) < 4.78 is 0. The molecule has 3 atom stereocenters. The highest BCUT2D eigenvalue weighted by molar-refractivity contribution is 5.85. The van der Waals surface area contributed by atoms with Gasteiger partial charge in [0, 0.05) is 31.5 Å². The summed E-state index contributed by atoms with van der Waals surface area (Å²) in [6, 6.07) is 6.85. The van der Waals surface area contributed by atoms with Crippen LogP contribution in [0.1, 0.15) is 68.3 Å². The van der Waals surface area contributed by atoms with Crippen LogP contribution in [0.25, 0.3) is 0 Å². The predicted molar refractivity (Wildman–Crippen MR) is 95.4 cm³/mol. The highest BCUT2D eigenvalue weighted by Gasteiger charge is 2.26. The van der Waals surface area contributed by atoms with E-state index >= 15 is 0 Å². The third-order valence-corrected chi connectivity index (χ3v) is 4.93. The number of Topliss-reactive ketones (excluding diaryl/α,β-unsaturated/α-hetero) is 1. The van der Waals surface area contributed by atoms with Gasteiger partial charge in [-0.1, -0.05) is 38.6 Å². The molecule has 0 radical (unpaired) electrons. The molecule has 0 heterocycles. The van der Waals surface area contributed by atoms with Gasteiger partial charge in [0.25, 0.3) is 0 Å². The number of rotatable bonds is 7. The number of carboxylic acids is 1. The first-order valence-electron chi connectivity index (χ1n) is 8.29. The van der Waals surface area contributed by atoms with Crippen molar-refractivity contribution in [2.45, 2.75) is 52.4 Å². The van der Waals surface area contributed by atoms with Gasteiger partial charge in [-0.15, -0.1) is 0 Å². The Kier molecular flexibility index (Phi) is 7.83. The number of hydrogen-bond donors (Lipinski definition) is 0. The number of benzene rings is 1. The van der Waals surface area contributed by atoms with Gasteiger partial charge in [0.05, 0.1) is 5.97 Å². The lowest BCUT2D eigenvalue weighted by atomic mass is 9.83. The van der Waals surface area contributed by atoms with Crippen LogP contribution < -0.4 is 5.11 Å². The van der Waals surface area contributed by atoms with E-state index < -0.39 is 5.97 Å². The third-order valence-electron chi connectivity index (χ3n) is 4.93. The Morgan fingerprint density at radius 1 is 1.38 bits per heavy atom. The quantitative estimate of drug-likeness (QED) is 0.721. The predicted octanol–water partition coefficient (Wildman–Crippen LogP) is 3.26. The molecule has 1 aromatic rings. The minimum Gasteiger partial charge on any atom is -0.545 e. The summed E-state index contributed by atoms with van der Waals surface area (Å²) >= 11 is 0. The topological polar surface area (TPSA) is 69.6 Å². The average Bonchev–Trinajstić information content (AvgIpc) is 2.96. The van der Waals surface area contributed by atoms with Gasteiger partial charge in [0.1, 0.15) is 5.78 Å². The van der Waals surface area contributed by atoms with E-state index in [4.69, 9.17) is 0 Å². The number of hydrogen-bond acceptors (Lipinski definition) is 4. The average molecular weight is 330 g/mol. The Balaban J connectivity index is 0.00000288. The number of aliphatic imine (C=N–C) groups is 1. The third kappa shape index (κ3) is 5.02.